The van der Waals surface area contributed by atoms with Gasteiger partial charge in [-0.3, -0.25) is 4.79 Å². The average molecular weight is 342 g/mol. The van der Waals surface area contributed by atoms with Gasteiger partial charge >= 0.3 is 0 Å². The van der Waals surface area contributed by atoms with Gasteiger partial charge in [-0.25, -0.2) is 4.98 Å². The van der Waals surface area contributed by atoms with Crippen molar-refractivity contribution in [2.45, 2.75) is 46.6 Å². The summed E-state index contributed by atoms with van der Waals surface area (Å²) in [7, 11) is 0. The maximum atomic E-state index is 12.8. The monoisotopic (exact) mass is 341 g/mol. The van der Waals surface area contributed by atoms with Crippen molar-refractivity contribution >= 4 is 27.7 Å². The lowest BCUT2D eigenvalue weighted by molar-refractivity contribution is 0.0641. The number of amides is 1. The summed E-state index contributed by atoms with van der Waals surface area (Å²) in [6.45, 7) is 9.18. The van der Waals surface area contributed by atoms with Crippen LogP contribution in [0.2, 0.25) is 0 Å². The lowest BCUT2D eigenvalue weighted by atomic mass is 10.1. The van der Waals surface area contributed by atoms with Gasteiger partial charge in [0.25, 0.3) is 5.91 Å². The van der Waals surface area contributed by atoms with E-state index in [1.807, 2.05) is 4.90 Å². The van der Waals surface area contributed by atoms with E-state index < -0.39 is 0 Å². The highest BCUT2D eigenvalue weighted by Crippen LogP contribution is 2.21. The van der Waals surface area contributed by atoms with Crippen LogP contribution in [-0.2, 0) is 0 Å². The zero-order valence-corrected chi connectivity index (χ0v) is 14.3. The van der Waals surface area contributed by atoms with Gasteiger partial charge in [0.1, 0.15) is 5.82 Å². The number of nitrogens with two attached hydrogens (primary N) is 1. The molecule has 5 heteroatoms. The first-order valence-corrected chi connectivity index (χ1v) is 7.91. The molecule has 1 aromatic rings. The molecule has 2 N–H and O–H groups in total. The van der Waals surface area contributed by atoms with Crippen LogP contribution in [0, 0.1) is 5.92 Å². The van der Waals surface area contributed by atoms with E-state index in [1.54, 1.807) is 12.3 Å². The predicted octanol–water partition coefficient (Wildman–Crippen LogP) is 3.71. The van der Waals surface area contributed by atoms with E-state index in [1.165, 1.54) is 0 Å². The Bertz CT molecular complexity index is 458. The van der Waals surface area contributed by atoms with Crippen LogP contribution in [0.5, 0.6) is 0 Å². The Morgan fingerprint density at radius 3 is 2.50 bits per heavy atom. The number of nitrogen functional groups attached to an aromatic ring is 1. The molecule has 0 fully saturated rings. The molecule has 1 amide bonds. The minimum absolute atomic E-state index is 0.0290. The maximum absolute atomic E-state index is 12.8. The summed E-state index contributed by atoms with van der Waals surface area (Å²) in [5.74, 6) is 0.678. The average Bonchev–Trinajstić information content (AvgIpc) is 2.40. The summed E-state index contributed by atoms with van der Waals surface area (Å²) in [5, 5.41) is 0. The van der Waals surface area contributed by atoms with Gasteiger partial charge in [-0.15, -0.1) is 0 Å². The van der Waals surface area contributed by atoms with E-state index in [2.05, 4.69) is 48.6 Å². The number of anilines is 1. The van der Waals surface area contributed by atoms with Gasteiger partial charge in [0, 0.05) is 23.3 Å². The second-order valence-electron chi connectivity index (χ2n) is 5.41. The van der Waals surface area contributed by atoms with Crippen molar-refractivity contribution in [2.75, 3.05) is 12.3 Å². The Morgan fingerprint density at radius 1 is 1.40 bits per heavy atom. The minimum Gasteiger partial charge on any atom is -0.383 e. The third-order valence-electron chi connectivity index (χ3n) is 3.32. The van der Waals surface area contributed by atoms with Gasteiger partial charge in [0.05, 0.1) is 5.56 Å². The molecule has 0 aliphatic rings. The summed E-state index contributed by atoms with van der Waals surface area (Å²) in [5.41, 5.74) is 6.34. The van der Waals surface area contributed by atoms with Crippen LogP contribution in [0.25, 0.3) is 0 Å². The highest BCUT2D eigenvalue weighted by atomic mass is 79.9. The molecule has 0 bridgehead atoms. The number of carbonyl (C=O) groups excluding carboxylic acids is 1. The summed E-state index contributed by atoms with van der Waals surface area (Å²) in [4.78, 5) is 18.8. The van der Waals surface area contributed by atoms with Crippen LogP contribution >= 0.6 is 15.9 Å². The second-order valence-corrected chi connectivity index (χ2v) is 6.32. The Morgan fingerprint density at radius 2 is 2.00 bits per heavy atom. The number of nitrogens with zero attached hydrogens (tertiary/aromatic N) is 2. The van der Waals surface area contributed by atoms with Crippen molar-refractivity contribution < 1.29 is 4.79 Å². The maximum Gasteiger partial charge on any atom is 0.257 e. The van der Waals surface area contributed by atoms with E-state index >= 15 is 0 Å². The minimum atomic E-state index is -0.0290. The Hall–Kier alpha value is -1.10. The van der Waals surface area contributed by atoms with Crippen LogP contribution in [-0.4, -0.2) is 28.4 Å². The van der Waals surface area contributed by atoms with Crippen molar-refractivity contribution in [2.24, 2.45) is 5.92 Å². The van der Waals surface area contributed by atoms with E-state index in [4.69, 9.17) is 5.73 Å². The molecular formula is C15H24BrN3O. The number of rotatable bonds is 6. The standard InChI is InChI=1S/C15H24BrN3O/c1-5-12(6-2)19(9-10(3)4)15(20)13-7-11(16)8-18-14(13)17/h7-8,10,12H,5-6,9H2,1-4H3,(H2,17,18). The highest BCUT2D eigenvalue weighted by Gasteiger charge is 2.25. The van der Waals surface area contributed by atoms with Gasteiger partial charge < -0.3 is 10.6 Å². The van der Waals surface area contributed by atoms with E-state index in [9.17, 15) is 4.79 Å². The van der Waals surface area contributed by atoms with Crippen molar-refractivity contribution in [1.82, 2.24) is 9.88 Å². The molecule has 20 heavy (non-hydrogen) atoms. The van der Waals surface area contributed by atoms with Crippen molar-refractivity contribution in [3.8, 4) is 0 Å². The molecule has 0 saturated heterocycles. The molecule has 1 aromatic heterocycles. The molecule has 0 aliphatic heterocycles. The third kappa shape index (κ3) is 4.20. The van der Waals surface area contributed by atoms with Gasteiger partial charge in [-0.05, 0) is 40.8 Å². The molecule has 0 unspecified atom stereocenters. The quantitative estimate of drug-likeness (QED) is 0.857. The summed E-state index contributed by atoms with van der Waals surface area (Å²) in [6.07, 6.45) is 3.49. The first-order chi connectivity index (χ1) is 9.40. The van der Waals surface area contributed by atoms with Crippen LogP contribution in [0.4, 0.5) is 5.82 Å². The number of aromatic nitrogens is 1. The Labute approximate surface area is 129 Å². The molecule has 0 atom stereocenters. The van der Waals surface area contributed by atoms with Crippen molar-refractivity contribution in [1.29, 1.82) is 0 Å². The summed E-state index contributed by atoms with van der Waals surface area (Å²) >= 11 is 3.35. The SMILES string of the molecule is CCC(CC)N(CC(C)C)C(=O)c1cc(Br)cnc1N. The number of halogens is 1. The molecule has 112 valence electrons. The van der Waals surface area contributed by atoms with Gasteiger partial charge in [-0.1, -0.05) is 27.7 Å². The van der Waals surface area contributed by atoms with Crippen LogP contribution in [0.1, 0.15) is 50.9 Å². The second kappa shape index (κ2) is 7.62. The summed E-state index contributed by atoms with van der Waals surface area (Å²) in [6, 6.07) is 1.99. The fraction of sp³-hybridized carbons (Fsp3) is 0.600. The number of hydrogen-bond donors (Lipinski definition) is 1. The lowest BCUT2D eigenvalue weighted by Gasteiger charge is -2.32. The van der Waals surface area contributed by atoms with Crippen molar-refractivity contribution in [3.05, 3.63) is 22.3 Å². The topological polar surface area (TPSA) is 59.2 Å². The first-order valence-electron chi connectivity index (χ1n) is 7.12. The zero-order chi connectivity index (χ0) is 15.3. The predicted molar refractivity (Wildman–Crippen MR) is 86.6 cm³/mol. The molecule has 1 rings (SSSR count). The fourth-order valence-corrected chi connectivity index (χ4v) is 2.63. The van der Waals surface area contributed by atoms with Crippen LogP contribution in [0.3, 0.4) is 0 Å². The molecule has 4 nitrogen and oxygen atoms in total. The van der Waals surface area contributed by atoms with E-state index in [0.29, 0.717) is 11.5 Å². The number of hydrogen-bond acceptors (Lipinski definition) is 3. The van der Waals surface area contributed by atoms with E-state index in [-0.39, 0.29) is 17.8 Å². The molecule has 1 heterocycles. The fourth-order valence-electron chi connectivity index (χ4n) is 2.30. The number of carbonyl (C=O) groups is 1. The summed E-state index contributed by atoms with van der Waals surface area (Å²) < 4.78 is 0.768. The van der Waals surface area contributed by atoms with Crippen LogP contribution in [0.15, 0.2) is 16.7 Å². The Kier molecular flexibility index (Phi) is 6.46. The largest absolute Gasteiger partial charge is 0.383 e. The molecule has 0 radical (unpaired) electrons. The normalized spacial score (nSPS) is 11.2. The van der Waals surface area contributed by atoms with Gasteiger partial charge in [0.2, 0.25) is 0 Å². The van der Waals surface area contributed by atoms with Gasteiger partial charge in [0.15, 0.2) is 0 Å². The molecule has 0 aliphatic carbocycles. The number of pyridine rings is 1. The Balaban J connectivity index is 3.12. The third-order valence-corrected chi connectivity index (χ3v) is 3.76. The first kappa shape index (κ1) is 17.0. The van der Waals surface area contributed by atoms with Crippen LogP contribution < -0.4 is 5.73 Å². The molecule has 0 saturated carbocycles. The molecule has 0 aromatic carbocycles. The van der Waals surface area contributed by atoms with E-state index in [0.717, 1.165) is 23.9 Å². The smallest absolute Gasteiger partial charge is 0.257 e. The molecular weight excluding hydrogens is 318 g/mol. The lowest BCUT2D eigenvalue weighted by Crippen LogP contribution is -2.42. The highest BCUT2D eigenvalue weighted by molar-refractivity contribution is 9.10. The molecule has 0 spiro atoms. The zero-order valence-electron chi connectivity index (χ0n) is 12.7. The van der Waals surface area contributed by atoms with Gasteiger partial charge in [-0.2, -0.15) is 0 Å². The van der Waals surface area contributed by atoms with Crippen molar-refractivity contribution in [3.63, 3.8) is 0 Å².